The predicted octanol–water partition coefficient (Wildman–Crippen LogP) is 3.55. The van der Waals surface area contributed by atoms with Crippen LogP contribution < -0.4 is 0 Å². The first-order chi connectivity index (χ1) is 9.81. The van der Waals surface area contributed by atoms with Crippen LogP contribution in [0, 0.1) is 0 Å². The molecule has 3 rings (SSSR count). The van der Waals surface area contributed by atoms with E-state index in [1.54, 1.807) is 0 Å². The van der Waals surface area contributed by atoms with E-state index < -0.39 is 0 Å². The number of aryl methyl sites for hydroxylation is 1. The number of hydrogen-bond acceptors (Lipinski definition) is 2. The minimum atomic E-state index is 0.469. The molecule has 1 aromatic heterocycles. The molecular weight excluding hydrogens is 250 g/mol. The van der Waals surface area contributed by atoms with Crippen LogP contribution in [-0.4, -0.2) is 23.9 Å². The molecule has 1 aliphatic carbocycles. The quantitative estimate of drug-likeness (QED) is 0.753. The van der Waals surface area contributed by atoms with Crippen molar-refractivity contribution >= 4 is 17.4 Å². The van der Waals surface area contributed by atoms with E-state index in [0.29, 0.717) is 6.04 Å². The molecule has 0 N–H and O–H groups in total. The molecule has 106 valence electrons. The minimum absolute atomic E-state index is 0.469. The van der Waals surface area contributed by atoms with Crippen molar-refractivity contribution in [2.75, 3.05) is 6.54 Å². The Labute approximate surface area is 119 Å². The second-order valence-corrected chi connectivity index (χ2v) is 5.62. The Morgan fingerprint density at radius 1 is 1.40 bits per heavy atom. The monoisotopic (exact) mass is 271 g/mol. The Kier molecular flexibility index (Phi) is 3.77. The molecule has 1 amide bonds. The molecule has 0 bridgehead atoms. The molecule has 1 heterocycles. The van der Waals surface area contributed by atoms with Gasteiger partial charge in [-0.05, 0) is 55.4 Å². The highest BCUT2D eigenvalue weighted by atomic mass is 16.3. The van der Waals surface area contributed by atoms with Gasteiger partial charge in [-0.25, -0.2) is 0 Å². The van der Waals surface area contributed by atoms with E-state index in [0.717, 1.165) is 44.2 Å². The van der Waals surface area contributed by atoms with Gasteiger partial charge in [0.2, 0.25) is 6.41 Å². The Hall–Kier alpha value is -1.77. The van der Waals surface area contributed by atoms with Crippen LogP contribution in [0.1, 0.15) is 37.3 Å². The predicted molar refractivity (Wildman–Crippen MR) is 79.7 cm³/mol. The molecule has 0 unspecified atom stereocenters. The molecule has 0 spiro atoms. The van der Waals surface area contributed by atoms with Crippen LogP contribution in [0.3, 0.4) is 0 Å². The van der Waals surface area contributed by atoms with Crippen molar-refractivity contribution in [3.63, 3.8) is 0 Å². The summed E-state index contributed by atoms with van der Waals surface area (Å²) in [6, 6.07) is 6.84. The molecule has 20 heavy (non-hydrogen) atoms. The summed E-state index contributed by atoms with van der Waals surface area (Å²) >= 11 is 0. The summed E-state index contributed by atoms with van der Waals surface area (Å²) in [6.07, 6.45) is 8.31. The maximum absolute atomic E-state index is 11.2. The van der Waals surface area contributed by atoms with Gasteiger partial charge in [-0.3, -0.25) is 4.79 Å². The first-order valence-electron chi connectivity index (χ1n) is 7.52. The Morgan fingerprint density at radius 3 is 2.90 bits per heavy atom. The molecule has 1 fully saturated rings. The maximum Gasteiger partial charge on any atom is 0.209 e. The number of rotatable bonds is 6. The zero-order valence-electron chi connectivity index (χ0n) is 12.0. The van der Waals surface area contributed by atoms with Gasteiger partial charge in [-0.1, -0.05) is 13.0 Å². The molecule has 2 aromatic rings. The number of benzene rings is 1. The van der Waals surface area contributed by atoms with E-state index in [1.165, 1.54) is 22.9 Å². The number of fused-ring (bicyclic) bond motifs is 1. The van der Waals surface area contributed by atoms with Crippen LogP contribution in [0.5, 0.6) is 0 Å². The molecule has 3 heteroatoms. The average molecular weight is 271 g/mol. The summed E-state index contributed by atoms with van der Waals surface area (Å²) in [5.74, 6) is 0. The maximum atomic E-state index is 11.2. The standard InChI is InChI=1S/C17H21NO2/c1-2-13-6-7-17-16(10-13)14(11-20-17)8-9-18(12-19)15-4-3-5-15/h6-7,10-12,15H,2-5,8-9H2,1H3. The van der Waals surface area contributed by atoms with E-state index in [1.807, 2.05) is 17.2 Å². The number of furan rings is 1. The van der Waals surface area contributed by atoms with Crippen molar-refractivity contribution in [3.8, 4) is 0 Å². The SMILES string of the molecule is CCc1ccc2occ(CCN(C=O)C3CCC3)c2c1. The van der Waals surface area contributed by atoms with Crippen LogP contribution >= 0.6 is 0 Å². The molecule has 0 aliphatic heterocycles. The number of nitrogens with zero attached hydrogens (tertiary/aromatic N) is 1. The first kappa shape index (κ1) is 13.2. The van der Waals surface area contributed by atoms with Crippen LogP contribution in [0.2, 0.25) is 0 Å². The Morgan fingerprint density at radius 2 is 2.25 bits per heavy atom. The molecule has 1 saturated carbocycles. The van der Waals surface area contributed by atoms with E-state index in [2.05, 4.69) is 19.1 Å². The summed E-state index contributed by atoms with van der Waals surface area (Å²) in [5, 5.41) is 1.20. The molecular formula is C17H21NO2. The van der Waals surface area contributed by atoms with Gasteiger partial charge in [-0.2, -0.15) is 0 Å². The van der Waals surface area contributed by atoms with Gasteiger partial charge >= 0.3 is 0 Å². The van der Waals surface area contributed by atoms with Crippen molar-refractivity contribution in [2.45, 2.75) is 45.1 Å². The highest BCUT2D eigenvalue weighted by Gasteiger charge is 2.23. The van der Waals surface area contributed by atoms with Gasteiger partial charge in [0.05, 0.1) is 6.26 Å². The topological polar surface area (TPSA) is 33.5 Å². The third kappa shape index (κ3) is 2.45. The number of hydrogen-bond donors (Lipinski definition) is 0. The lowest BCUT2D eigenvalue weighted by molar-refractivity contribution is -0.121. The summed E-state index contributed by atoms with van der Waals surface area (Å²) < 4.78 is 5.61. The van der Waals surface area contributed by atoms with Crippen molar-refractivity contribution < 1.29 is 9.21 Å². The molecule has 0 atom stereocenters. The Bertz CT molecular complexity index is 598. The molecule has 1 aromatic carbocycles. The van der Waals surface area contributed by atoms with E-state index in [4.69, 9.17) is 4.42 Å². The second kappa shape index (κ2) is 5.70. The average Bonchev–Trinajstić information content (AvgIpc) is 2.83. The fourth-order valence-corrected chi connectivity index (χ4v) is 2.83. The third-order valence-corrected chi connectivity index (χ3v) is 4.44. The second-order valence-electron chi connectivity index (χ2n) is 5.62. The summed E-state index contributed by atoms with van der Waals surface area (Å²) in [4.78, 5) is 13.1. The van der Waals surface area contributed by atoms with Crippen molar-refractivity contribution in [3.05, 3.63) is 35.6 Å². The molecule has 0 radical (unpaired) electrons. The molecule has 1 aliphatic rings. The normalized spacial score (nSPS) is 15.2. The zero-order valence-corrected chi connectivity index (χ0v) is 12.0. The summed E-state index contributed by atoms with van der Waals surface area (Å²) in [7, 11) is 0. The lowest BCUT2D eigenvalue weighted by Gasteiger charge is -2.34. The van der Waals surface area contributed by atoms with E-state index in [-0.39, 0.29) is 0 Å². The van der Waals surface area contributed by atoms with Crippen molar-refractivity contribution in [2.24, 2.45) is 0 Å². The first-order valence-corrected chi connectivity index (χ1v) is 7.52. The minimum Gasteiger partial charge on any atom is -0.464 e. The van der Waals surface area contributed by atoms with Crippen molar-refractivity contribution in [1.29, 1.82) is 0 Å². The van der Waals surface area contributed by atoms with Gasteiger partial charge in [0.15, 0.2) is 0 Å². The van der Waals surface area contributed by atoms with E-state index >= 15 is 0 Å². The highest BCUT2D eigenvalue weighted by molar-refractivity contribution is 5.81. The summed E-state index contributed by atoms with van der Waals surface area (Å²) in [5.41, 5.74) is 3.48. The van der Waals surface area contributed by atoms with Crippen LogP contribution in [0.15, 0.2) is 28.9 Å². The number of carbonyl (C=O) groups excluding carboxylic acids is 1. The third-order valence-electron chi connectivity index (χ3n) is 4.44. The smallest absolute Gasteiger partial charge is 0.209 e. The zero-order chi connectivity index (χ0) is 13.9. The lowest BCUT2D eigenvalue weighted by Crippen LogP contribution is -2.40. The van der Waals surface area contributed by atoms with Crippen LogP contribution in [0.25, 0.3) is 11.0 Å². The fraction of sp³-hybridized carbons (Fsp3) is 0.471. The van der Waals surface area contributed by atoms with Crippen molar-refractivity contribution in [1.82, 2.24) is 4.90 Å². The largest absolute Gasteiger partial charge is 0.464 e. The number of carbonyl (C=O) groups is 1. The van der Waals surface area contributed by atoms with Gasteiger partial charge in [0.1, 0.15) is 5.58 Å². The van der Waals surface area contributed by atoms with Crippen LogP contribution in [-0.2, 0) is 17.6 Å². The lowest BCUT2D eigenvalue weighted by atomic mass is 9.91. The number of amides is 1. The van der Waals surface area contributed by atoms with Gasteiger partial charge in [0, 0.05) is 18.0 Å². The van der Waals surface area contributed by atoms with E-state index in [9.17, 15) is 4.79 Å². The van der Waals surface area contributed by atoms with Gasteiger partial charge in [-0.15, -0.1) is 0 Å². The fourth-order valence-electron chi connectivity index (χ4n) is 2.83. The molecule has 0 saturated heterocycles. The summed E-state index contributed by atoms with van der Waals surface area (Å²) in [6.45, 7) is 2.95. The highest BCUT2D eigenvalue weighted by Crippen LogP contribution is 2.26. The van der Waals surface area contributed by atoms with Gasteiger partial charge < -0.3 is 9.32 Å². The molecule has 3 nitrogen and oxygen atoms in total. The van der Waals surface area contributed by atoms with Gasteiger partial charge in [0.25, 0.3) is 0 Å². The Balaban J connectivity index is 1.74. The van der Waals surface area contributed by atoms with Crippen LogP contribution in [0.4, 0.5) is 0 Å².